The number of nitrogens with one attached hydrogen (secondary N) is 1. The Morgan fingerprint density at radius 1 is 1.07 bits per heavy atom. The van der Waals surface area contributed by atoms with Crippen molar-refractivity contribution in [3.05, 3.63) is 70.5 Å². The number of carbonyl (C=O) groups is 1. The van der Waals surface area contributed by atoms with E-state index in [0.29, 0.717) is 30.1 Å². The third-order valence-corrected chi connectivity index (χ3v) is 5.43. The number of aromatic nitrogens is 2. The van der Waals surface area contributed by atoms with E-state index in [0.717, 1.165) is 54.0 Å². The number of benzene rings is 2. The molecule has 2 aromatic carbocycles. The second-order valence-electron chi connectivity index (χ2n) is 7.33. The zero-order valence-electron chi connectivity index (χ0n) is 16.1. The molecule has 0 spiro atoms. The summed E-state index contributed by atoms with van der Waals surface area (Å²) in [6.45, 7) is 0.659. The van der Waals surface area contributed by atoms with Gasteiger partial charge in [-0.05, 0) is 55.5 Å². The second-order valence-corrected chi connectivity index (χ2v) is 7.33. The van der Waals surface area contributed by atoms with Crippen molar-refractivity contribution < 1.29 is 23.0 Å². The van der Waals surface area contributed by atoms with Crippen LogP contribution in [0.25, 0.3) is 5.69 Å². The minimum absolute atomic E-state index is 0.223. The van der Waals surface area contributed by atoms with Crippen LogP contribution in [0.5, 0.6) is 11.5 Å². The molecular weight excluding hydrogens is 392 g/mol. The van der Waals surface area contributed by atoms with Crippen LogP contribution >= 0.6 is 0 Å². The van der Waals surface area contributed by atoms with Crippen molar-refractivity contribution in [2.24, 2.45) is 0 Å². The Labute approximate surface area is 171 Å². The smallest absolute Gasteiger partial charge is 0.272 e. The van der Waals surface area contributed by atoms with Gasteiger partial charge in [0, 0.05) is 23.9 Å². The summed E-state index contributed by atoms with van der Waals surface area (Å²) in [6, 6.07) is 9.33. The highest BCUT2D eigenvalue weighted by Gasteiger charge is 2.27. The topological polar surface area (TPSA) is 65.4 Å². The van der Waals surface area contributed by atoms with E-state index in [-0.39, 0.29) is 12.7 Å². The van der Waals surface area contributed by atoms with Crippen molar-refractivity contribution in [3.8, 4) is 17.2 Å². The molecule has 0 radical (unpaired) electrons. The van der Waals surface area contributed by atoms with Crippen LogP contribution in [0.2, 0.25) is 0 Å². The van der Waals surface area contributed by atoms with Crippen LogP contribution < -0.4 is 14.8 Å². The van der Waals surface area contributed by atoms with Crippen LogP contribution in [0, 0.1) is 11.6 Å². The van der Waals surface area contributed by atoms with E-state index in [4.69, 9.17) is 9.47 Å². The highest BCUT2D eigenvalue weighted by molar-refractivity contribution is 5.94. The Kier molecular flexibility index (Phi) is 4.61. The SMILES string of the molecule is O=C(NCCc1ccc2c(c1)OCO2)c1nn(-c2ccc(F)c(F)c2)c2c1CCC2. The highest BCUT2D eigenvalue weighted by Crippen LogP contribution is 2.32. The number of halogens is 2. The number of rotatable bonds is 5. The van der Waals surface area contributed by atoms with Crippen molar-refractivity contribution in [1.29, 1.82) is 0 Å². The summed E-state index contributed by atoms with van der Waals surface area (Å²) in [5.41, 5.74) is 3.53. The molecule has 1 aromatic heterocycles. The maximum Gasteiger partial charge on any atom is 0.272 e. The molecule has 1 amide bonds. The molecule has 154 valence electrons. The highest BCUT2D eigenvalue weighted by atomic mass is 19.2. The van der Waals surface area contributed by atoms with Gasteiger partial charge in [0.25, 0.3) is 5.91 Å². The minimum Gasteiger partial charge on any atom is -0.454 e. The molecule has 1 N–H and O–H groups in total. The summed E-state index contributed by atoms with van der Waals surface area (Å²) < 4.78 is 39.2. The lowest BCUT2D eigenvalue weighted by molar-refractivity contribution is 0.0948. The summed E-state index contributed by atoms with van der Waals surface area (Å²) in [5.74, 6) is -0.688. The van der Waals surface area contributed by atoms with E-state index in [9.17, 15) is 13.6 Å². The lowest BCUT2D eigenvalue weighted by Crippen LogP contribution is -2.27. The number of carbonyl (C=O) groups excluding carboxylic acids is 1. The molecule has 8 heteroatoms. The van der Waals surface area contributed by atoms with Gasteiger partial charge in [0.1, 0.15) is 0 Å². The monoisotopic (exact) mass is 411 g/mol. The van der Waals surface area contributed by atoms with Crippen molar-refractivity contribution in [1.82, 2.24) is 15.1 Å². The predicted molar refractivity (Wildman–Crippen MR) is 104 cm³/mol. The van der Waals surface area contributed by atoms with Crippen molar-refractivity contribution in [2.75, 3.05) is 13.3 Å². The standard InChI is InChI=1S/C22H19F2N3O3/c23-16-6-5-14(11-17(16)24)27-18-3-1-2-15(18)21(26-27)22(28)25-9-8-13-4-7-19-20(10-13)30-12-29-19/h4-7,10-11H,1-3,8-9,12H2,(H,25,28). The molecule has 0 fully saturated rings. The normalized spacial score (nSPS) is 14.1. The van der Waals surface area contributed by atoms with Gasteiger partial charge in [-0.2, -0.15) is 5.10 Å². The molecule has 1 aliphatic carbocycles. The Balaban J connectivity index is 1.31. The maximum atomic E-state index is 13.7. The predicted octanol–water partition coefficient (Wildman–Crippen LogP) is 3.34. The zero-order chi connectivity index (χ0) is 20.7. The van der Waals surface area contributed by atoms with Crippen LogP contribution in [0.3, 0.4) is 0 Å². The van der Waals surface area contributed by atoms with Crippen LogP contribution in [0.1, 0.15) is 33.7 Å². The molecule has 30 heavy (non-hydrogen) atoms. The summed E-state index contributed by atoms with van der Waals surface area (Å²) >= 11 is 0. The number of hydrogen-bond donors (Lipinski definition) is 1. The summed E-state index contributed by atoms with van der Waals surface area (Å²) in [6.07, 6.45) is 3.01. The van der Waals surface area contributed by atoms with Crippen LogP contribution in [-0.2, 0) is 19.3 Å². The molecule has 6 nitrogen and oxygen atoms in total. The molecule has 5 rings (SSSR count). The van der Waals surface area contributed by atoms with Gasteiger partial charge in [0.05, 0.1) is 5.69 Å². The Morgan fingerprint density at radius 2 is 1.93 bits per heavy atom. The van der Waals surface area contributed by atoms with Gasteiger partial charge in [0.15, 0.2) is 28.8 Å². The first-order valence-electron chi connectivity index (χ1n) is 9.83. The van der Waals surface area contributed by atoms with Crippen molar-refractivity contribution >= 4 is 5.91 Å². The Morgan fingerprint density at radius 3 is 2.80 bits per heavy atom. The zero-order valence-corrected chi connectivity index (χ0v) is 16.1. The van der Waals surface area contributed by atoms with Gasteiger partial charge >= 0.3 is 0 Å². The lowest BCUT2D eigenvalue weighted by Gasteiger charge is -2.06. The minimum atomic E-state index is -0.940. The number of nitrogens with zero attached hydrogens (tertiary/aromatic N) is 2. The molecule has 0 unspecified atom stereocenters. The molecule has 0 bridgehead atoms. The van der Waals surface area contributed by atoms with Gasteiger partial charge in [-0.15, -0.1) is 0 Å². The van der Waals surface area contributed by atoms with Gasteiger partial charge in [0.2, 0.25) is 6.79 Å². The quantitative estimate of drug-likeness (QED) is 0.700. The van der Waals surface area contributed by atoms with E-state index in [1.165, 1.54) is 6.07 Å². The van der Waals surface area contributed by atoms with E-state index >= 15 is 0 Å². The number of amides is 1. The average molecular weight is 411 g/mol. The molecule has 1 aliphatic heterocycles. The van der Waals surface area contributed by atoms with Crippen molar-refractivity contribution in [2.45, 2.75) is 25.7 Å². The first-order chi connectivity index (χ1) is 14.6. The third-order valence-electron chi connectivity index (χ3n) is 5.43. The Bertz CT molecular complexity index is 1140. The van der Waals surface area contributed by atoms with Crippen molar-refractivity contribution in [3.63, 3.8) is 0 Å². The summed E-state index contributed by atoms with van der Waals surface area (Å²) in [5, 5.41) is 7.33. The Hall–Kier alpha value is -3.42. The van der Waals surface area contributed by atoms with E-state index in [1.807, 2.05) is 18.2 Å². The van der Waals surface area contributed by atoms with E-state index in [1.54, 1.807) is 4.68 Å². The van der Waals surface area contributed by atoms with Gasteiger partial charge < -0.3 is 14.8 Å². The fraction of sp³-hybridized carbons (Fsp3) is 0.273. The second kappa shape index (κ2) is 7.44. The van der Waals surface area contributed by atoms with Crippen LogP contribution in [-0.4, -0.2) is 29.0 Å². The van der Waals surface area contributed by atoms with Gasteiger partial charge in [-0.25, -0.2) is 13.5 Å². The van der Waals surface area contributed by atoms with E-state index in [2.05, 4.69) is 10.4 Å². The first kappa shape index (κ1) is 18.6. The van der Waals surface area contributed by atoms with Crippen LogP contribution in [0.15, 0.2) is 36.4 Å². The molecule has 2 heterocycles. The first-order valence-corrected chi connectivity index (χ1v) is 9.83. The largest absolute Gasteiger partial charge is 0.454 e. The average Bonchev–Trinajstić information content (AvgIpc) is 3.45. The molecular formula is C22H19F2N3O3. The van der Waals surface area contributed by atoms with Gasteiger partial charge in [-0.3, -0.25) is 4.79 Å². The molecule has 3 aromatic rings. The molecule has 0 saturated heterocycles. The van der Waals surface area contributed by atoms with Gasteiger partial charge in [-0.1, -0.05) is 6.07 Å². The number of hydrogen-bond acceptors (Lipinski definition) is 4. The lowest BCUT2D eigenvalue weighted by atomic mass is 10.1. The fourth-order valence-corrected chi connectivity index (χ4v) is 3.95. The van der Waals surface area contributed by atoms with E-state index < -0.39 is 11.6 Å². The third kappa shape index (κ3) is 3.28. The molecule has 2 aliphatic rings. The molecule has 0 atom stereocenters. The molecule has 0 saturated carbocycles. The van der Waals surface area contributed by atoms with Crippen LogP contribution in [0.4, 0.5) is 8.78 Å². The maximum absolute atomic E-state index is 13.7. The number of fused-ring (bicyclic) bond motifs is 2. The number of ether oxygens (including phenoxy) is 2. The summed E-state index contributed by atoms with van der Waals surface area (Å²) in [4.78, 5) is 12.8. The summed E-state index contributed by atoms with van der Waals surface area (Å²) in [7, 11) is 0. The fourth-order valence-electron chi connectivity index (χ4n) is 3.95.